The molecule has 144 valence electrons. The molecular formula is C22H35N3O. The highest BCUT2D eigenvalue weighted by atomic mass is 16.2. The fourth-order valence-corrected chi connectivity index (χ4v) is 4.62. The van der Waals surface area contributed by atoms with Crippen LogP contribution in [0.4, 0.5) is 4.79 Å². The molecule has 0 saturated carbocycles. The van der Waals surface area contributed by atoms with Crippen LogP contribution in [0, 0.1) is 24.7 Å². The number of hydrogen-bond acceptors (Lipinski definition) is 2. The highest BCUT2D eigenvalue weighted by Gasteiger charge is 2.27. The summed E-state index contributed by atoms with van der Waals surface area (Å²) in [5.41, 5.74) is 2.41. The molecule has 0 aromatic heterocycles. The number of nitrogens with zero attached hydrogens (tertiary/aromatic N) is 2. The van der Waals surface area contributed by atoms with Crippen LogP contribution in [0.5, 0.6) is 0 Å². The van der Waals surface area contributed by atoms with Gasteiger partial charge in [-0.3, -0.25) is 0 Å². The lowest BCUT2D eigenvalue weighted by molar-refractivity contribution is 0.0995. The number of amides is 2. The third kappa shape index (κ3) is 5.47. The minimum atomic E-state index is 0.0873. The predicted molar refractivity (Wildman–Crippen MR) is 107 cm³/mol. The number of rotatable bonds is 4. The SMILES string of the molecule is Cc1ccc(CNC(=O)N2CCC(CN3C[C@H](C)C[C@H](C)C3)CC2)cc1. The fraction of sp³-hybridized carbons (Fsp3) is 0.682. The van der Waals surface area contributed by atoms with Gasteiger partial charge in [0.25, 0.3) is 0 Å². The topological polar surface area (TPSA) is 35.6 Å². The van der Waals surface area contributed by atoms with E-state index >= 15 is 0 Å². The number of likely N-dealkylation sites (tertiary alicyclic amines) is 2. The van der Waals surface area contributed by atoms with Crippen molar-refractivity contribution in [3.63, 3.8) is 0 Å². The molecule has 4 nitrogen and oxygen atoms in total. The van der Waals surface area contributed by atoms with Crippen molar-refractivity contribution in [2.24, 2.45) is 17.8 Å². The molecule has 0 spiro atoms. The Morgan fingerprint density at radius 3 is 2.31 bits per heavy atom. The van der Waals surface area contributed by atoms with Crippen molar-refractivity contribution in [2.45, 2.75) is 46.6 Å². The van der Waals surface area contributed by atoms with Crippen molar-refractivity contribution in [3.05, 3.63) is 35.4 Å². The smallest absolute Gasteiger partial charge is 0.317 e. The maximum Gasteiger partial charge on any atom is 0.317 e. The molecule has 26 heavy (non-hydrogen) atoms. The van der Waals surface area contributed by atoms with E-state index in [0.29, 0.717) is 6.54 Å². The second-order valence-corrected chi connectivity index (χ2v) is 8.74. The van der Waals surface area contributed by atoms with E-state index in [0.717, 1.165) is 49.2 Å². The number of carbonyl (C=O) groups is 1. The van der Waals surface area contributed by atoms with Gasteiger partial charge in [-0.05, 0) is 49.5 Å². The van der Waals surface area contributed by atoms with E-state index < -0.39 is 0 Å². The van der Waals surface area contributed by atoms with Crippen LogP contribution >= 0.6 is 0 Å². The monoisotopic (exact) mass is 357 g/mol. The Morgan fingerprint density at radius 2 is 1.69 bits per heavy atom. The molecule has 1 aromatic carbocycles. The van der Waals surface area contributed by atoms with Crippen molar-refractivity contribution < 1.29 is 4.79 Å². The molecule has 2 fully saturated rings. The second kappa shape index (κ2) is 8.90. The molecule has 1 aromatic rings. The van der Waals surface area contributed by atoms with Crippen LogP contribution in [-0.4, -0.2) is 48.6 Å². The Bertz CT molecular complexity index is 568. The molecule has 2 saturated heterocycles. The molecule has 3 rings (SSSR count). The van der Waals surface area contributed by atoms with Gasteiger partial charge in [0.05, 0.1) is 0 Å². The normalized spacial score (nSPS) is 25.3. The third-order valence-electron chi connectivity index (χ3n) is 5.93. The summed E-state index contributed by atoms with van der Waals surface area (Å²) in [6, 6.07) is 8.44. The first-order chi connectivity index (χ1) is 12.5. The van der Waals surface area contributed by atoms with Crippen molar-refractivity contribution in [1.29, 1.82) is 0 Å². The van der Waals surface area contributed by atoms with Gasteiger partial charge in [-0.1, -0.05) is 43.7 Å². The average Bonchev–Trinajstić information content (AvgIpc) is 2.61. The number of carbonyl (C=O) groups excluding carboxylic acids is 1. The van der Waals surface area contributed by atoms with Crippen LogP contribution in [0.3, 0.4) is 0 Å². The summed E-state index contributed by atoms with van der Waals surface area (Å²) in [5, 5.41) is 3.07. The summed E-state index contributed by atoms with van der Waals surface area (Å²) in [5.74, 6) is 2.39. The summed E-state index contributed by atoms with van der Waals surface area (Å²) in [4.78, 5) is 17.1. The summed E-state index contributed by atoms with van der Waals surface area (Å²) < 4.78 is 0. The highest BCUT2D eigenvalue weighted by molar-refractivity contribution is 5.74. The maximum atomic E-state index is 12.4. The van der Waals surface area contributed by atoms with Crippen molar-refractivity contribution in [2.75, 3.05) is 32.7 Å². The first-order valence-corrected chi connectivity index (χ1v) is 10.3. The summed E-state index contributed by atoms with van der Waals surface area (Å²) in [6.45, 7) is 13.0. The molecule has 2 aliphatic rings. The van der Waals surface area contributed by atoms with Crippen molar-refractivity contribution in [1.82, 2.24) is 15.1 Å². The van der Waals surface area contributed by atoms with Gasteiger partial charge < -0.3 is 15.1 Å². The average molecular weight is 358 g/mol. The van der Waals surface area contributed by atoms with E-state index in [-0.39, 0.29) is 6.03 Å². The van der Waals surface area contributed by atoms with Gasteiger partial charge in [-0.15, -0.1) is 0 Å². The van der Waals surface area contributed by atoms with Gasteiger partial charge in [0.2, 0.25) is 0 Å². The van der Waals surface area contributed by atoms with Crippen LogP contribution in [0.25, 0.3) is 0 Å². The number of urea groups is 1. The molecule has 0 unspecified atom stereocenters. The lowest BCUT2D eigenvalue weighted by Crippen LogP contribution is -2.47. The van der Waals surface area contributed by atoms with Crippen LogP contribution in [0.1, 0.15) is 44.2 Å². The Morgan fingerprint density at radius 1 is 1.08 bits per heavy atom. The van der Waals surface area contributed by atoms with E-state index in [2.05, 4.69) is 55.3 Å². The first-order valence-electron chi connectivity index (χ1n) is 10.3. The number of aryl methyl sites for hydroxylation is 1. The summed E-state index contributed by atoms with van der Waals surface area (Å²) >= 11 is 0. The van der Waals surface area contributed by atoms with E-state index in [1.165, 1.54) is 31.6 Å². The zero-order valence-electron chi connectivity index (χ0n) is 16.7. The van der Waals surface area contributed by atoms with Crippen LogP contribution in [0.2, 0.25) is 0 Å². The van der Waals surface area contributed by atoms with Gasteiger partial charge in [-0.25, -0.2) is 4.79 Å². The fourth-order valence-electron chi connectivity index (χ4n) is 4.62. The van der Waals surface area contributed by atoms with Crippen LogP contribution in [-0.2, 0) is 6.54 Å². The molecule has 0 aliphatic carbocycles. The quantitative estimate of drug-likeness (QED) is 0.887. The largest absolute Gasteiger partial charge is 0.334 e. The summed E-state index contributed by atoms with van der Waals surface area (Å²) in [7, 11) is 0. The maximum absolute atomic E-state index is 12.4. The van der Waals surface area contributed by atoms with E-state index in [4.69, 9.17) is 0 Å². The van der Waals surface area contributed by atoms with Gasteiger partial charge in [0.1, 0.15) is 0 Å². The number of nitrogens with one attached hydrogen (secondary N) is 1. The van der Waals surface area contributed by atoms with Gasteiger partial charge in [-0.2, -0.15) is 0 Å². The lowest BCUT2D eigenvalue weighted by Gasteiger charge is -2.39. The minimum Gasteiger partial charge on any atom is -0.334 e. The zero-order valence-corrected chi connectivity index (χ0v) is 16.7. The predicted octanol–water partition coefficient (Wildman–Crippen LogP) is 3.89. The van der Waals surface area contributed by atoms with Crippen molar-refractivity contribution >= 4 is 6.03 Å². The van der Waals surface area contributed by atoms with Gasteiger partial charge in [0.15, 0.2) is 0 Å². The molecule has 2 heterocycles. The molecule has 2 amide bonds. The standard InChI is InChI=1S/C22H35N3O/c1-17-4-6-20(7-5-17)13-23-22(26)25-10-8-21(9-11-25)16-24-14-18(2)12-19(3)15-24/h4-7,18-19,21H,8-16H2,1-3H3,(H,23,26)/t18-,19+. The second-order valence-electron chi connectivity index (χ2n) is 8.74. The molecule has 2 atom stereocenters. The van der Waals surface area contributed by atoms with Crippen LogP contribution < -0.4 is 5.32 Å². The Hall–Kier alpha value is -1.55. The van der Waals surface area contributed by atoms with E-state index in [1.54, 1.807) is 0 Å². The molecule has 2 aliphatic heterocycles. The molecule has 0 radical (unpaired) electrons. The van der Waals surface area contributed by atoms with Gasteiger partial charge >= 0.3 is 6.03 Å². The Balaban J connectivity index is 1.38. The molecule has 0 bridgehead atoms. The van der Waals surface area contributed by atoms with Crippen molar-refractivity contribution in [3.8, 4) is 0 Å². The first kappa shape index (κ1) is 19.2. The molecule has 1 N–H and O–H groups in total. The molecule has 4 heteroatoms. The van der Waals surface area contributed by atoms with E-state index in [1.807, 2.05) is 4.90 Å². The van der Waals surface area contributed by atoms with Gasteiger partial charge in [0, 0.05) is 39.3 Å². The lowest BCUT2D eigenvalue weighted by atomic mass is 9.89. The number of piperidine rings is 2. The minimum absolute atomic E-state index is 0.0873. The van der Waals surface area contributed by atoms with Crippen LogP contribution in [0.15, 0.2) is 24.3 Å². The zero-order chi connectivity index (χ0) is 18.5. The Kier molecular flexibility index (Phi) is 6.58. The van der Waals surface area contributed by atoms with E-state index in [9.17, 15) is 4.79 Å². The number of benzene rings is 1. The third-order valence-corrected chi connectivity index (χ3v) is 5.93. The summed E-state index contributed by atoms with van der Waals surface area (Å²) in [6.07, 6.45) is 3.64. The Labute approximate surface area is 158 Å². The molecular weight excluding hydrogens is 322 g/mol. The number of hydrogen-bond donors (Lipinski definition) is 1. The highest BCUT2D eigenvalue weighted by Crippen LogP contribution is 2.25.